The van der Waals surface area contributed by atoms with E-state index >= 15 is 0 Å². The minimum absolute atomic E-state index is 0.0300. The number of thiophene rings is 1. The van der Waals surface area contributed by atoms with E-state index in [9.17, 15) is 4.79 Å². The number of amides is 1. The van der Waals surface area contributed by atoms with Crippen molar-refractivity contribution in [2.75, 3.05) is 13.2 Å². The molecule has 4 heteroatoms. The largest absolute Gasteiger partial charge is 0.395 e. The zero-order valence-corrected chi connectivity index (χ0v) is 13.5. The quantitative estimate of drug-likeness (QED) is 0.839. The minimum Gasteiger partial charge on any atom is -0.395 e. The lowest BCUT2D eigenvalue weighted by Gasteiger charge is -2.17. The molecule has 110 valence electrons. The third-order valence-corrected chi connectivity index (χ3v) is 3.89. The fourth-order valence-corrected chi connectivity index (χ4v) is 2.52. The Morgan fingerprint density at radius 2 is 2.15 bits per heavy atom. The molecule has 0 bridgehead atoms. The van der Waals surface area contributed by atoms with Crippen LogP contribution in [0.4, 0.5) is 0 Å². The zero-order chi connectivity index (χ0) is 15.2. The lowest BCUT2D eigenvalue weighted by atomic mass is 9.92. The molecule has 2 N–H and O–H groups in total. The predicted octanol–water partition coefficient (Wildman–Crippen LogP) is 2.96. The summed E-state index contributed by atoms with van der Waals surface area (Å²) in [5, 5.41) is 11.7. The topological polar surface area (TPSA) is 49.3 Å². The Morgan fingerprint density at radius 1 is 1.45 bits per heavy atom. The fourth-order valence-electron chi connectivity index (χ4n) is 1.55. The Balaban J connectivity index is 2.62. The highest BCUT2D eigenvalue weighted by molar-refractivity contribution is 7.14. The van der Waals surface area contributed by atoms with Gasteiger partial charge in [-0.1, -0.05) is 32.6 Å². The molecule has 1 heterocycles. The van der Waals surface area contributed by atoms with Crippen LogP contribution in [0.15, 0.2) is 6.07 Å². The van der Waals surface area contributed by atoms with Gasteiger partial charge in [0.1, 0.15) is 0 Å². The van der Waals surface area contributed by atoms with Crippen LogP contribution in [0.1, 0.15) is 53.7 Å². The Morgan fingerprint density at radius 3 is 2.75 bits per heavy atom. The Kier molecular flexibility index (Phi) is 6.25. The second-order valence-electron chi connectivity index (χ2n) is 5.96. The van der Waals surface area contributed by atoms with Gasteiger partial charge in [-0.2, -0.15) is 0 Å². The van der Waals surface area contributed by atoms with Gasteiger partial charge in [0.2, 0.25) is 0 Å². The van der Waals surface area contributed by atoms with Crippen molar-refractivity contribution in [2.45, 2.75) is 40.5 Å². The van der Waals surface area contributed by atoms with E-state index in [0.717, 1.165) is 16.9 Å². The lowest BCUT2D eigenvalue weighted by Crippen LogP contribution is -2.26. The first-order valence-electron chi connectivity index (χ1n) is 6.82. The minimum atomic E-state index is -0.0300. The fraction of sp³-hybridized carbons (Fsp3) is 0.562. The van der Waals surface area contributed by atoms with Crippen molar-refractivity contribution in [1.29, 1.82) is 0 Å². The highest BCUT2D eigenvalue weighted by atomic mass is 32.1. The van der Waals surface area contributed by atoms with E-state index in [1.54, 1.807) is 0 Å². The summed E-state index contributed by atoms with van der Waals surface area (Å²) < 4.78 is 0. The molecule has 0 aliphatic heterocycles. The molecular weight excluding hydrogens is 270 g/mol. The van der Waals surface area contributed by atoms with E-state index in [2.05, 4.69) is 37.9 Å². The van der Waals surface area contributed by atoms with Crippen LogP contribution in [-0.4, -0.2) is 24.2 Å². The third kappa shape index (κ3) is 5.77. The molecule has 20 heavy (non-hydrogen) atoms. The van der Waals surface area contributed by atoms with Gasteiger partial charge in [0.05, 0.1) is 16.4 Å². The summed E-state index contributed by atoms with van der Waals surface area (Å²) in [7, 11) is 0. The molecule has 1 aromatic rings. The first-order valence-corrected chi connectivity index (χ1v) is 7.63. The van der Waals surface area contributed by atoms with E-state index < -0.39 is 0 Å². The van der Waals surface area contributed by atoms with Crippen LogP contribution in [0.3, 0.4) is 0 Å². The average molecular weight is 293 g/mol. The van der Waals surface area contributed by atoms with Crippen molar-refractivity contribution in [2.24, 2.45) is 5.41 Å². The Labute approximate surface area is 125 Å². The predicted molar refractivity (Wildman–Crippen MR) is 84.0 cm³/mol. The molecule has 0 spiro atoms. The number of hydrogen-bond acceptors (Lipinski definition) is 3. The molecule has 0 radical (unpaired) electrons. The van der Waals surface area contributed by atoms with Gasteiger partial charge >= 0.3 is 0 Å². The maximum atomic E-state index is 12.0. The number of hydrogen-bond donors (Lipinski definition) is 2. The van der Waals surface area contributed by atoms with Gasteiger partial charge in [0.25, 0.3) is 5.91 Å². The number of aryl methyl sites for hydroxylation is 1. The van der Waals surface area contributed by atoms with Crippen molar-refractivity contribution >= 4 is 17.2 Å². The van der Waals surface area contributed by atoms with Gasteiger partial charge in [-0.05, 0) is 30.4 Å². The molecule has 0 atom stereocenters. The first-order chi connectivity index (χ1) is 9.33. The summed E-state index contributed by atoms with van der Waals surface area (Å²) in [5.41, 5.74) is 1.24. The molecule has 1 rings (SSSR count). The van der Waals surface area contributed by atoms with E-state index in [-0.39, 0.29) is 17.9 Å². The summed E-state index contributed by atoms with van der Waals surface area (Å²) >= 11 is 1.41. The summed E-state index contributed by atoms with van der Waals surface area (Å²) in [6.45, 7) is 9.17. The van der Waals surface area contributed by atoms with Gasteiger partial charge < -0.3 is 10.4 Å². The second kappa shape index (κ2) is 7.47. The molecule has 0 saturated heterocycles. The molecular formula is C16H23NO2S. The summed E-state index contributed by atoms with van der Waals surface area (Å²) in [6, 6.07) is 1.88. The summed E-state index contributed by atoms with van der Waals surface area (Å²) in [4.78, 5) is 13.6. The van der Waals surface area contributed by atoms with Crippen LogP contribution in [-0.2, 0) is 0 Å². The number of carbonyl (C=O) groups excluding carboxylic acids is 1. The van der Waals surface area contributed by atoms with E-state index in [4.69, 9.17) is 5.11 Å². The number of nitrogens with one attached hydrogen (secondary N) is 1. The number of rotatable bonds is 4. The van der Waals surface area contributed by atoms with Gasteiger partial charge in [0, 0.05) is 13.0 Å². The lowest BCUT2D eigenvalue weighted by molar-refractivity contribution is 0.0953. The molecule has 0 aromatic carbocycles. The van der Waals surface area contributed by atoms with Crippen LogP contribution >= 0.6 is 11.3 Å². The van der Waals surface area contributed by atoms with Crippen molar-refractivity contribution in [3.63, 3.8) is 0 Å². The normalized spacial score (nSPS) is 10.8. The van der Waals surface area contributed by atoms with Gasteiger partial charge in [0.15, 0.2) is 0 Å². The standard InChI is InChI=1S/C16H23NO2S/c1-12-11-14(20-13(12)7-5-6-10-18)15(19)17-9-8-16(2,3)4/h11,18H,6,8-10H2,1-4H3,(H,17,19). The van der Waals surface area contributed by atoms with Crippen molar-refractivity contribution in [3.05, 3.63) is 21.4 Å². The summed E-state index contributed by atoms with van der Waals surface area (Å²) in [6.07, 6.45) is 1.41. The molecule has 0 saturated carbocycles. The van der Waals surface area contributed by atoms with Crippen molar-refractivity contribution in [1.82, 2.24) is 5.32 Å². The maximum absolute atomic E-state index is 12.0. The van der Waals surface area contributed by atoms with E-state index in [1.807, 2.05) is 13.0 Å². The van der Waals surface area contributed by atoms with Crippen LogP contribution in [0.2, 0.25) is 0 Å². The van der Waals surface area contributed by atoms with Crippen LogP contribution in [0, 0.1) is 24.2 Å². The van der Waals surface area contributed by atoms with Crippen LogP contribution in [0.25, 0.3) is 0 Å². The van der Waals surface area contributed by atoms with Crippen LogP contribution < -0.4 is 5.32 Å². The molecule has 1 aromatic heterocycles. The average Bonchev–Trinajstić information content (AvgIpc) is 2.70. The molecule has 1 amide bonds. The summed E-state index contributed by atoms with van der Waals surface area (Å²) in [5.74, 6) is 5.85. The Bertz CT molecular complexity index is 515. The maximum Gasteiger partial charge on any atom is 0.261 e. The van der Waals surface area contributed by atoms with Gasteiger partial charge in [-0.15, -0.1) is 11.3 Å². The smallest absolute Gasteiger partial charge is 0.261 e. The van der Waals surface area contributed by atoms with Gasteiger partial charge in [-0.3, -0.25) is 4.79 Å². The van der Waals surface area contributed by atoms with Crippen molar-refractivity contribution < 1.29 is 9.90 Å². The molecule has 0 aliphatic rings. The zero-order valence-electron chi connectivity index (χ0n) is 12.7. The third-order valence-electron chi connectivity index (χ3n) is 2.74. The van der Waals surface area contributed by atoms with E-state index in [1.165, 1.54) is 11.3 Å². The number of aliphatic hydroxyl groups is 1. The molecule has 0 unspecified atom stereocenters. The van der Waals surface area contributed by atoms with Gasteiger partial charge in [-0.25, -0.2) is 0 Å². The number of carbonyl (C=O) groups is 1. The highest BCUT2D eigenvalue weighted by Crippen LogP contribution is 2.21. The first kappa shape index (κ1) is 16.7. The van der Waals surface area contributed by atoms with Crippen molar-refractivity contribution in [3.8, 4) is 11.8 Å². The van der Waals surface area contributed by atoms with Crippen LogP contribution in [0.5, 0.6) is 0 Å². The highest BCUT2D eigenvalue weighted by Gasteiger charge is 2.13. The monoisotopic (exact) mass is 293 g/mol. The molecule has 3 nitrogen and oxygen atoms in total. The van der Waals surface area contributed by atoms with E-state index in [0.29, 0.717) is 17.8 Å². The SMILES string of the molecule is Cc1cc(C(=O)NCCC(C)(C)C)sc1C#CCCO. The molecule has 0 fully saturated rings. The second-order valence-corrected chi connectivity index (χ2v) is 7.02. The number of aliphatic hydroxyl groups excluding tert-OH is 1. The molecule has 0 aliphatic carbocycles. The Hall–Kier alpha value is -1.31.